The molecule has 0 bridgehead atoms. The predicted molar refractivity (Wildman–Crippen MR) is 77.3 cm³/mol. The molecule has 0 atom stereocenters. The van der Waals surface area contributed by atoms with Gasteiger partial charge >= 0.3 is 0 Å². The summed E-state index contributed by atoms with van der Waals surface area (Å²) in [5.41, 5.74) is 5.49. The number of thioether (sulfide) groups is 1. The van der Waals surface area contributed by atoms with Gasteiger partial charge in [0.05, 0.1) is 11.4 Å². The van der Waals surface area contributed by atoms with E-state index in [0.717, 1.165) is 17.8 Å². The lowest BCUT2D eigenvalue weighted by molar-refractivity contribution is -0.116. The molecule has 0 heterocycles. The second-order valence-electron chi connectivity index (χ2n) is 3.78. The zero-order valence-corrected chi connectivity index (χ0v) is 12.2. The van der Waals surface area contributed by atoms with Crippen LogP contribution in [0.4, 0.5) is 18.9 Å². The van der Waals surface area contributed by atoms with E-state index in [1.807, 2.05) is 0 Å². The summed E-state index contributed by atoms with van der Waals surface area (Å²) in [5, 5.41) is 2.51. The van der Waals surface area contributed by atoms with Crippen LogP contribution in [0.1, 0.15) is 12.8 Å². The molecule has 0 aliphatic carbocycles. The average molecular weight is 329 g/mol. The molecule has 0 fully saturated rings. The number of nitrogens with one attached hydrogen (secondary N) is 1. The highest BCUT2D eigenvalue weighted by atomic mass is 35.5. The number of carbonyl (C=O) groups is 1. The number of nitrogens with two attached hydrogens (primary N) is 1. The molecule has 1 aromatic rings. The Kier molecular flexibility index (Phi) is 9.45. The van der Waals surface area contributed by atoms with E-state index >= 15 is 0 Å². The van der Waals surface area contributed by atoms with Crippen LogP contribution >= 0.6 is 24.2 Å². The molecule has 0 aliphatic rings. The molecule has 1 amide bonds. The monoisotopic (exact) mass is 328 g/mol. The van der Waals surface area contributed by atoms with Crippen molar-refractivity contribution in [1.29, 1.82) is 0 Å². The maximum Gasteiger partial charge on any atom is 0.247 e. The van der Waals surface area contributed by atoms with Gasteiger partial charge in [0.1, 0.15) is 5.82 Å². The maximum atomic E-state index is 13.1. The summed E-state index contributed by atoms with van der Waals surface area (Å²) in [5.74, 6) is -1.25. The third-order valence-corrected chi connectivity index (χ3v) is 3.27. The van der Waals surface area contributed by atoms with Crippen molar-refractivity contribution in [2.75, 3.05) is 17.6 Å². The Morgan fingerprint density at radius 2 is 2.10 bits per heavy atom. The van der Waals surface area contributed by atoms with E-state index in [0.29, 0.717) is 17.9 Å². The quantitative estimate of drug-likeness (QED) is 0.755. The van der Waals surface area contributed by atoms with Gasteiger partial charge in [-0.05, 0) is 31.2 Å². The molecule has 0 spiro atoms. The molecule has 0 unspecified atom stereocenters. The summed E-state index contributed by atoms with van der Waals surface area (Å²) in [7, 11) is 0. The first-order valence-corrected chi connectivity index (χ1v) is 6.72. The van der Waals surface area contributed by atoms with Crippen molar-refractivity contribution in [1.82, 2.24) is 0 Å². The molecule has 1 aromatic carbocycles. The number of rotatable bonds is 7. The predicted octanol–water partition coefficient (Wildman–Crippen LogP) is 3.28. The number of halogens is 4. The van der Waals surface area contributed by atoms with Gasteiger partial charge in [0.2, 0.25) is 12.3 Å². The molecule has 0 aliphatic heterocycles. The molecule has 8 heteroatoms. The van der Waals surface area contributed by atoms with Gasteiger partial charge < -0.3 is 11.1 Å². The van der Waals surface area contributed by atoms with Crippen LogP contribution in [-0.4, -0.2) is 24.6 Å². The topological polar surface area (TPSA) is 55.1 Å². The van der Waals surface area contributed by atoms with Crippen molar-refractivity contribution in [3.8, 4) is 0 Å². The first kappa shape index (κ1) is 19.1. The fourth-order valence-electron chi connectivity index (χ4n) is 1.35. The molecular weight excluding hydrogens is 313 g/mol. The number of alkyl halides is 2. The molecule has 1 rings (SSSR count). The summed E-state index contributed by atoms with van der Waals surface area (Å²) < 4.78 is 37.4. The van der Waals surface area contributed by atoms with Crippen LogP contribution in [0.3, 0.4) is 0 Å². The normalized spacial score (nSPS) is 10.2. The van der Waals surface area contributed by atoms with Gasteiger partial charge in [0, 0.05) is 11.3 Å². The second kappa shape index (κ2) is 9.90. The van der Waals surface area contributed by atoms with E-state index in [2.05, 4.69) is 5.32 Å². The Balaban J connectivity index is 0.00000361. The number of hydrogen-bond acceptors (Lipinski definition) is 3. The van der Waals surface area contributed by atoms with E-state index in [1.165, 1.54) is 12.1 Å². The highest BCUT2D eigenvalue weighted by Gasteiger charge is 2.11. The molecule has 3 nitrogen and oxygen atoms in total. The Labute approximate surface area is 125 Å². The zero-order chi connectivity index (χ0) is 14.3. The average Bonchev–Trinajstić information content (AvgIpc) is 2.35. The molecule has 0 saturated carbocycles. The van der Waals surface area contributed by atoms with E-state index in [-0.39, 0.29) is 30.4 Å². The van der Waals surface area contributed by atoms with Gasteiger partial charge in [-0.3, -0.25) is 4.79 Å². The van der Waals surface area contributed by atoms with Crippen molar-refractivity contribution in [2.24, 2.45) is 5.73 Å². The van der Waals surface area contributed by atoms with Crippen molar-refractivity contribution in [3.05, 3.63) is 24.0 Å². The first-order chi connectivity index (χ1) is 9.02. The standard InChI is InChI=1S/C12H15F3N2OS.ClH/c13-8-3-4-10(19-7-11(14)15)9(6-8)17-12(18)2-1-5-16;/h3-4,6,11H,1-2,5,7,16H2,(H,17,18);1H. The summed E-state index contributed by atoms with van der Waals surface area (Å²) >= 11 is 0.874. The van der Waals surface area contributed by atoms with Gasteiger partial charge in [-0.25, -0.2) is 13.2 Å². The Hall–Kier alpha value is -0.920. The third kappa shape index (κ3) is 7.02. The van der Waals surface area contributed by atoms with E-state index in [1.54, 1.807) is 0 Å². The molecule has 3 N–H and O–H groups in total. The number of hydrogen-bond donors (Lipinski definition) is 2. The number of anilines is 1. The number of carbonyl (C=O) groups excluding carboxylic acids is 1. The second-order valence-corrected chi connectivity index (χ2v) is 4.84. The van der Waals surface area contributed by atoms with Crippen LogP contribution in [0.15, 0.2) is 23.1 Å². The van der Waals surface area contributed by atoms with Crippen molar-refractivity contribution in [3.63, 3.8) is 0 Å². The summed E-state index contributed by atoms with van der Waals surface area (Å²) in [6.07, 6.45) is -1.73. The fourth-order valence-corrected chi connectivity index (χ4v) is 2.09. The van der Waals surface area contributed by atoms with Crippen LogP contribution < -0.4 is 11.1 Å². The Morgan fingerprint density at radius 1 is 1.40 bits per heavy atom. The number of amides is 1. The Morgan fingerprint density at radius 3 is 2.70 bits per heavy atom. The van der Waals surface area contributed by atoms with Crippen molar-refractivity contribution < 1.29 is 18.0 Å². The molecular formula is C12H16ClF3N2OS. The molecule has 0 radical (unpaired) electrons. The van der Waals surface area contributed by atoms with Crippen molar-refractivity contribution in [2.45, 2.75) is 24.2 Å². The maximum absolute atomic E-state index is 13.1. The van der Waals surface area contributed by atoms with Crippen LogP contribution in [0, 0.1) is 5.82 Å². The highest BCUT2D eigenvalue weighted by molar-refractivity contribution is 7.99. The van der Waals surface area contributed by atoms with Crippen LogP contribution in [-0.2, 0) is 4.79 Å². The van der Waals surface area contributed by atoms with Crippen LogP contribution in [0.25, 0.3) is 0 Å². The minimum Gasteiger partial charge on any atom is -0.330 e. The lowest BCUT2D eigenvalue weighted by Gasteiger charge is -2.10. The van der Waals surface area contributed by atoms with Gasteiger partial charge in [-0.1, -0.05) is 0 Å². The summed E-state index contributed by atoms with van der Waals surface area (Å²) in [6.45, 7) is 0.379. The van der Waals surface area contributed by atoms with Gasteiger partial charge in [-0.15, -0.1) is 24.2 Å². The zero-order valence-electron chi connectivity index (χ0n) is 10.6. The van der Waals surface area contributed by atoms with Gasteiger partial charge in [-0.2, -0.15) is 0 Å². The highest BCUT2D eigenvalue weighted by Crippen LogP contribution is 2.29. The van der Waals surface area contributed by atoms with Crippen molar-refractivity contribution >= 4 is 35.8 Å². The third-order valence-electron chi connectivity index (χ3n) is 2.19. The van der Waals surface area contributed by atoms with Gasteiger partial charge in [0.25, 0.3) is 0 Å². The Bertz CT molecular complexity index is 435. The van der Waals surface area contributed by atoms with Crippen LogP contribution in [0.2, 0.25) is 0 Å². The molecule has 0 saturated heterocycles. The van der Waals surface area contributed by atoms with E-state index in [4.69, 9.17) is 5.73 Å². The SMILES string of the molecule is Cl.NCCCC(=O)Nc1cc(F)ccc1SCC(F)F. The lowest BCUT2D eigenvalue weighted by Crippen LogP contribution is -2.14. The summed E-state index contributed by atoms with van der Waals surface area (Å²) in [6, 6.07) is 3.67. The van der Waals surface area contributed by atoms with E-state index < -0.39 is 18.0 Å². The van der Waals surface area contributed by atoms with Crippen LogP contribution in [0.5, 0.6) is 0 Å². The molecule has 114 valence electrons. The smallest absolute Gasteiger partial charge is 0.247 e. The largest absolute Gasteiger partial charge is 0.330 e. The van der Waals surface area contributed by atoms with E-state index in [9.17, 15) is 18.0 Å². The molecule has 20 heavy (non-hydrogen) atoms. The molecule has 0 aromatic heterocycles. The minimum absolute atomic E-state index is 0. The number of benzene rings is 1. The van der Waals surface area contributed by atoms with Gasteiger partial charge in [0.15, 0.2) is 0 Å². The lowest BCUT2D eigenvalue weighted by atomic mass is 10.2. The summed E-state index contributed by atoms with van der Waals surface area (Å²) in [4.78, 5) is 11.9. The first-order valence-electron chi connectivity index (χ1n) is 5.73. The fraction of sp³-hybridized carbons (Fsp3) is 0.417. The minimum atomic E-state index is -2.46.